The van der Waals surface area contributed by atoms with Gasteiger partial charge in [0.05, 0.1) is 0 Å². The number of nitrogens with zero attached hydrogens (tertiary/aromatic N) is 2. The third kappa shape index (κ3) is 6.16. The van der Waals surface area contributed by atoms with E-state index in [0.717, 1.165) is 12.1 Å². The van der Waals surface area contributed by atoms with Gasteiger partial charge in [0.2, 0.25) is 17.7 Å². The van der Waals surface area contributed by atoms with Crippen LogP contribution in [0.25, 0.3) is 4.85 Å². The molecule has 0 fully saturated rings. The SMILES string of the molecule is [C-]#[N+]COC(=O)c1ccc(CNC(=O)CCCC(=O)On2c(O)ccc2O)cc1O. The lowest BCUT2D eigenvalue weighted by Gasteiger charge is -2.08. The Bertz CT molecular complexity index is 957. The molecule has 0 radical (unpaired) electrons. The van der Waals surface area contributed by atoms with Crippen LogP contribution in [-0.2, 0) is 20.9 Å². The monoisotopic (exact) mass is 417 g/mol. The molecular formula is C19H19N3O8. The van der Waals surface area contributed by atoms with Crippen molar-refractivity contribution in [2.24, 2.45) is 0 Å². The van der Waals surface area contributed by atoms with E-state index in [1.807, 2.05) is 0 Å². The number of carbonyl (C=O) groups excluding carboxylic acids is 3. The summed E-state index contributed by atoms with van der Waals surface area (Å²) < 4.78 is 5.18. The van der Waals surface area contributed by atoms with Crippen LogP contribution in [-0.4, -0.2) is 44.6 Å². The van der Waals surface area contributed by atoms with Gasteiger partial charge in [-0.15, -0.1) is 4.73 Å². The predicted octanol–water partition coefficient (Wildman–Crippen LogP) is 1.08. The molecule has 1 amide bonds. The lowest BCUT2D eigenvalue weighted by molar-refractivity contribution is -0.145. The number of ether oxygens (including phenoxy) is 1. The zero-order valence-corrected chi connectivity index (χ0v) is 15.7. The van der Waals surface area contributed by atoms with Crippen molar-refractivity contribution in [3.8, 4) is 17.5 Å². The van der Waals surface area contributed by atoms with Gasteiger partial charge < -0.3 is 30.2 Å². The van der Waals surface area contributed by atoms with Gasteiger partial charge in [-0.25, -0.2) is 16.2 Å². The molecule has 11 nitrogen and oxygen atoms in total. The van der Waals surface area contributed by atoms with Gasteiger partial charge in [0.25, 0.3) is 0 Å². The number of esters is 1. The number of carbonyl (C=O) groups is 3. The van der Waals surface area contributed by atoms with Gasteiger partial charge in [0.15, 0.2) is 0 Å². The third-order valence-electron chi connectivity index (χ3n) is 3.81. The van der Waals surface area contributed by atoms with Crippen LogP contribution in [0, 0.1) is 6.57 Å². The summed E-state index contributed by atoms with van der Waals surface area (Å²) in [5.74, 6) is -3.13. The fraction of sp³-hybridized carbons (Fsp3) is 0.263. The zero-order valence-electron chi connectivity index (χ0n) is 15.7. The van der Waals surface area contributed by atoms with Gasteiger partial charge in [0.1, 0.15) is 11.3 Å². The summed E-state index contributed by atoms with van der Waals surface area (Å²) in [7, 11) is 0. The Labute approximate surface area is 170 Å². The van der Waals surface area contributed by atoms with Crippen molar-refractivity contribution in [1.29, 1.82) is 0 Å². The molecule has 0 spiro atoms. The van der Waals surface area contributed by atoms with Gasteiger partial charge in [-0.2, -0.15) is 0 Å². The number of hydrogen-bond acceptors (Lipinski definition) is 8. The quantitative estimate of drug-likeness (QED) is 0.349. The number of nitrogens with one attached hydrogen (secondary N) is 1. The van der Waals surface area contributed by atoms with Crippen molar-refractivity contribution in [2.45, 2.75) is 25.8 Å². The number of hydrogen-bond donors (Lipinski definition) is 4. The second-order valence-electron chi connectivity index (χ2n) is 6.01. The molecule has 0 unspecified atom stereocenters. The molecule has 0 saturated carbocycles. The molecule has 0 aliphatic heterocycles. The summed E-state index contributed by atoms with van der Waals surface area (Å²) in [5.41, 5.74) is 0.438. The molecule has 0 aliphatic carbocycles. The molecular weight excluding hydrogens is 398 g/mol. The minimum Gasteiger partial charge on any atom is -0.507 e. The highest BCUT2D eigenvalue weighted by Crippen LogP contribution is 2.20. The molecule has 11 heteroatoms. The summed E-state index contributed by atoms with van der Waals surface area (Å²) in [6.45, 7) is 6.21. The van der Waals surface area contributed by atoms with Gasteiger partial charge in [0, 0.05) is 31.5 Å². The van der Waals surface area contributed by atoms with E-state index >= 15 is 0 Å². The van der Waals surface area contributed by atoms with Crippen LogP contribution in [0.15, 0.2) is 30.3 Å². The van der Waals surface area contributed by atoms with Crippen LogP contribution in [0.2, 0.25) is 0 Å². The van der Waals surface area contributed by atoms with Crippen molar-refractivity contribution >= 4 is 17.8 Å². The van der Waals surface area contributed by atoms with Crippen molar-refractivity contribution in [2.75, 3.05) is 6.73 Å². The third-order valence-corrected chi connectivity index (χ3v) is 3.81. The minimum atomic E-state index is -0.826. The van der Waals surface area contributed by atoms with Crippen LogP contribution >= 0.6 is 0 Å². The maximum atomic E-state index is 11.9. The first-order valence-electron chi connectivity index (χ1n) is 8.71. The standard InChI is InChI=1S/C19H19N3O8/c1-20-11-29-19(28)13-6-5-12(9-14(13)23)10-21-15(24)3-2-4-18(27)30-22-16(25)7-8-17(22)26/h5-9,23,25-26H,2-4,10-11H2,(H,21,24). The van der Waals surface area contributed by atoms with Crippen LogP contribution in [0.5, 0.6) is 17.5 Å². The molecule has 4 N–H and O–H groups in total. The van der Waals surface area contributed by atoms with Crippen LogP contribution < -0.4 is 10.2 Å². The van der Waals surface area contributed by atoms with E-state index in [1.165, 1.54) is 18.2 Å². The van der Waals surface area contributed by atoms with Gasteiger partial charge in [-0.3, -0.25) is 9.64 Å². The number of aromatic hydroxyl groups is 3. The Morgan fingerprint density at radius 3 is 2.40 bits per heavy atom. The van der Waals surface area contributed by atoms with E-state index in [4.69, 9.17) is 11.4 Å². The number of benzene rings is 1. The minimum absolute atomic E-state index is 0.0196. The first-order chi connectivity index (χ1) is 14.3. The van der Waals surface area contributed by atoms with E-state index < -0.39 is 30.4 Å². The summed E-state index contributed by atoms with van der Waals surface area (Å²) in [4.78, 5) is 42.9. The highest BCUT2D eigenvalue weighted by molar-refractivity contribution is 5.92. The van der Waals surface area contributed by atoms with Crippen LogP contribution in [0.4, 0.5) is 0 Å². The van der Waals surface area contributed by atoms with E-state index in [1.54, 1.807) is 0 Å². The Kier molecular flexibility index (Phi) is 7.64. The smallest absolute Gasteiger partial charge is 0.359 e. The van der Waals surface area contributed by atoms with Crippen LogP contribution in [0.1, 0.15) is 35.2 Å². The average molecular weight is 417 g/mol. The lowest BCUT2D eigenvalue weighted by atomic mass is 10.1. The Morgan fingerprint density at radius 2 is 1.77 bits per heavy atom. The molecule has 0 saturated heterocycles. The van der Waals surface area contributed by atoms with E-state index in [9.17, 15) is 29.7 Å². The summed E-state index contributed by atoms with van der Waals surface area (Å²) >= 11 is 0. The molecule has 0 aliphatic rings. The Balaban J connectivity index is 1.74. The van der Waals surface area contributed by atoms with Gasteiger partial charge in [-0.1, -0.05) is 6.07 Å². The largest absolute Gasteiger partial charge is 0.507 e. The number of rotatable bonds is 9. The second-order valence-corrected chi connectivity index (χ2v) is 6.01. The number of phenolic OH excluding ortho intramolecular Hbond substituents is 1. The van der Waals surface area contributed by atoms with E-state index in [-0.39, 0.29) is 43.0 Å². The Morgan fingerprint density at radius 1 is 1.07 bits per heavy atom. The van der Waals surface area contributed by atoms with Crippen molar-refractivity contribution < 1.29 is 39.3 Å². The topological polar surface area (TPSA) is 152 Å². The van der Waals surface area contributed by atoms with Gasteiger partial charge >= 0.3 is 18.7 Å². The maximum absolute atomic E-state index is 11.9. The summed E-state index contributed by atoms with van der Waals surface area (Å²) in [6, 6.07) is 6.43. The highest BCUT2D eigenvalue weighted by atomic mass is 16.7. The van der Waals surface area contributed by atoms with Crippen molar-refractivity contribution in [3.63, 3.8) is 0 Å². The first-order valence-corrected chi connectivity index (χ1v) is 8.71. The average Bonchev–Trinajstić information content (AvgIpc) is 3.02. The molecule has 1 aromatic heterocycles. The Hall–Kier alpha value is -4.20. The van der Waals surface area contributed by atoms with Crippen molar-refractivity contribution in [1.82, 2.24) is 10.0 Å². The number of phenols is 1. The number of amides is 1. The summed E-state index contributed by atoms with van der Waals surface area (Å²) in [6.07, 6.45) is 0.0724. The fourth-order valence-corrected chi connectivity index (χ4v) is 2.35. The first kappa shape index (κ1) is 22.1. The summed E-state index contributed by atoms with van der Waals surface area (Å²) in [5, 5.41) is 31.3. The molecule has 30 heavy (non-hydrogen) atoms. The zero-order chi connectivity index (χ0) is 22.1. The molecule has 1 heterocycles. The normalized spacial score (nSPS) is 10.1. The molecule has 2 rings (SSSR count). The highest BCUT2D eigenvalue weighted by Gasteiger charge is 2.15. The molecule has 0 atom stereocenters. The number of aromatic nitrogens is 1. The second kappa shape index (κ2) is 10.4. The molecule has 0 bridgehead atoms. The lowest BCUT2D eigenvalue weighted by Crippen LogP contribution is -2.23. The maximum Gasteiger partial charge on any atom is 0.359 e. The molecule has 2 aromatic rings. The van der Waals surface area contributed by atoms with E-state index in [0.29, 0.717) is 10.3 Å². The van der Waals surface area contributed by atoms with Crippen LogP contribution in [0.3, 0.4) is 0 Å². The molecule has 158 valence electrons. The van der Waals surface area contributed by atoms with Gasteiger partial charge in [-0.05, 0) is 24.1 Å². The van der Waals surface area contributed by atoms with Crippen molar-refractivity contribution in [3.05, 3.63) is 52.9 Å². The predicted molar refractivity (Wildman–Crippen MR) is 100 cm³/mol. The fourth-order valence-electron chi connectivity index (χ4n) is 2.35. The molecule has 1 aromatic carbocycles. The van der Waals surface area contributed by atoms with E-state index in [2.05, 4.69) is 14.9 Å².